The lowest BCUT2D eigenvalue weighted by Gasteiger charge is -2.43. The van der Waals surface area contributed by atoms with Gasteiger partial charge in [-0.3, -0.25) is 19.8 Å². The fraction of sp³-hybridized carbons (Fsp3) is 0.357. The highest BCUT2D eigenvalue weighted by Crippen LogP contribution is 2.34. The standard InChI is InChI=1S/C28H32N4O6/c1-17(2)15-23-25(27(34)31-37)21(12-14-32(23)28(35)36)26(33)30-19-9-7-18(8-10-19)16-38-24-11-13-29-22-6-4-3-5-20(22)24/h3-11,13,17,21,23,25,37H,12,14-16H2,1-2H3,(H,30,33)(H,31,34)(H,35,36)/t21-,23+,25+/m0/s1. The molecule has 200 valence electrons. The third kappa shape index (κ3) is 6.03. The fourth-order valence-corrected chi connectivity index (χ4v) is 5.08. The quantitative estimate of drug-likeness (QED) is 0.256. The van der Waals surface area contributed by atoms with Gasteiger partial charge in [-0.25, -0.2) is 10.3 Å². The van der Waals surface area contributed by atoms with E-state index in [1.807, 2.05) is 56.3 Å². The molecule has 10 heteroatoms. The van der Waals surface area contributed by atoms with E-state index in [1.54, 1.807) is 23.8 Å². The third-order valence-corrected chi connectivity index (χ3v) is 6.86. The number of carboxylic acid groups (broad SMARTS) is 1. The maximum absolute atomic E-state index is 13.3. The molecule has 0 unspecified atom stereocenters. The van der Waals surface area contributed by atoms with Crippen molar-refractivity contribution >= 4 is 34.5 Å². The molecule has 4 N–H and O–H groups in total. The lowest BCUT2D eigenvalue weighted by atomic mass is 9.75. The molecule has 3 aromatic rings. The van der Waals surface area contributed by atoms with Crippen LogP contribution in [0.1, 0.15) is 32.3 Å². The number of piperidine rings is 1. The summed E-state index contributed by atoms with van der Waals surface area (Å²) >= 11 is 0. The summed E-state index contributed by atoms with van der Waals surface area (Å²) in [4.78, 5) is 43.3. The molecule has 4 rings (SSSR count). The lowest BCUT2D eigenvalue weighted by molar-refractivity contribution is -0.144. The van der Waals surface area contributed by atoms with Crippen LogP contribution < -0.4 is 15.5 Å². The molecule has 1 fully saturated rings. The van der Waals surface area contributed by atoms with Gasteiger partial charge in [0.1, 0.15) is 12.4 Å². The molecule has 0 spiro atoms. The molecule has 1 aromatic heterocycles. The Morgan fingerprint density at radius 1 is 1.08 bits per heavy atom. The van der Waals surface area contributed by atoms with Gasteiger partial charge < -0.3 is 20.1 Å². The average Bonchev–Trinajstić information content (AvgIpc) is 2.91. The molecule has 0 radical (unpaired) electrons. The fourth-order valence-electron chi connectivity index (χ4n) is 5.08. The van der Waals surface area contributed by atoms with Crippen LogP contribution in [0.2, 0.25) is 0 Å². The van der Waals surface area contributed by atoms with Crippen molar-refractivity contribution in [2.75, 3.05) is 11.9 Å². The first-order chi connectivity index (χ1) is 18.3. The number of carbonyl (C=O) groups excluding carboxylic acids is 2. The van der Waals surface area contributed by atoms with E-state index in [0.717, 1.165) is 22.2 Å². The molecule has 1 saturated heterocycles. The van der Waals surface area contributed by atoms with Gasteiger partial charge in [-0.15, -0.1) is 0 Å². The van der Waals surface area contributed by atoms with Gasteiger partial charge in [0, 0.05) is 29.9 Å². The molecule has 1 aliphatic rings. The molecular formula is C28H32N4O6. The Kier molecular flexibility index (Phi) is 8.42. The van der Waals surface area contributed by atoms with E-state index in [9.17, 15) is 24.7 Å². The zero-order chi connectivity index (χ0) is 27.2. The Morgan fingerprint density at radius 2 is 1.82 bits per heavy atom. The second kappa shape index (κ2) is 11.9. The summed E-state index contributed by atoms with van der Waals surface area (Å²) in [7, 11) is 0. The Morgan fingerprint density at radius 3 is 2.50 bits per heavy atom. The van der Waals surface area contributed by atoms with Gasteiger partial charge in [0.25, 0.3) is 0 Å². The number of nitrogens with one attached hydrogen (secondary N) is 2. The predicted molar refractivity (Wildman–Crippen MR) is 141 cm³/mol. The number of ether oxygens (including phenoxy) is 1. The van der Waals surface area contributed by atoms with E-state index in [1.165, 1.54) is 4.90 Å². The van der Waals surface area contributed by atoms with Crippen molar-refractivity contribution in [1.29, 1.82) is 0 Å². The Bertz CT molecular complexity index is 1290. The van der Waals surface area contributed by atoms with Crippen LogP contribution in [-0.4, -0.2) is 50.7 Å². The van der Waals surface area contributed by atoms with Crippen molar-refractivity contribution in [2.45, 2.75) is 39.3 Å². The third-order valence-electron chi connectivity index (χ3n) is 6.86. The number of amides is 3. The van der Waals surface area contributed by atoms with Gasteiger partial charge in [0.15, 0.2) is 0 Å². The molecular weight excluding hydrogens is 488 g/mol. The van der Waals surface area contributed by atoms with E-state index < -0.39 is 35.8 Å². The largest absolute Gasteiger partial charge is 0.488 e. The van der Waals surface area contributed by atoms with Crippen LogP contribution >= 0.6 is 0 Å². The molecule has 1 aliphatic heterocycles. The van der Waals surface area contributed by atoms with Crippen LogP contribution in [0.25, 0.3) is 10.9 Å². The summed E-state index contributed by atoms with van der Waals surface area (Å²) in [5.74, 6) is -2.18. The van der Waals surface area contributed by atoms with Crippen LogP contribution in [0.15, 0.2) is 60.8 Å². The van der Waals surface area contributed by atoms with Crippen LogP contribution in [0.5, 0.6) is 5.75 Å². The molecule has 10 nitrogen and oxygen atoms in total. The van der Waals surface area contributed by atoms with Gasteiger partial charge in [-0.2, -0.15) is 0 Å². The molecule has 2 heterocycles. The topological polar surface area (TPSA) is 141 Å². The minimum atomic E-state index is -1.15. The van der Waals surface area contributed by atoms with Crippen molar-refractivity contribution in [2.24, 2.45) is 17.8 Å². The summed E-state index contributed by atoms with van der Waals surface area (Å²) in [6, 6.07) is 16.0. The molecule has 2 aromatic carbocycles. The van der Waals surface area contributed by atoms with E-state index in [2.05, 4.69) is 10.3 Å². The zero-order valence-corrected chi connectivity index (χ0v) is 21.3. The Hall–Kier alpha value is -4.18. The summed E-state index contributed by atoms with van der Waals surface area (Å²) in [6.45, 7) is 4.28. The van der Waals surface area contributed by atoms with Gasteiger partial charge in [0.2, 0.25) is 11.8 Å². The van der Waals surface area contributed by atoms with E-state index in [0.29, 0.717) is 18.7 Å². The minimum Gasteiger partial charge on any atom is -0.488 e. The number of carbonyl (C=O) groups is 3. The number of anilines is 1. The molecule has 3 amide bonds. The number of fused-ring (bicyclic) bond motifs is 1. The van der Waals surface area contributed by atoms with E-state index >= 15 is 0 Å². The Labute approximate surface area is 220 Å². The van der Waals surface area contributed by atoms with Crippen molar-refractivity contribution < 1.29 is 29.4 Å². The smallest absolute Gasteiger partial charge is 0.407 e. The van der Waals surface area contributed by atoms with Gasteiger partial charge in [-0.1, -0.05) is 38.1 Å². The number of aromatic nitrogens is 1. The van der Waals surface area contributed by atoms with Crippen LogP contribution in [0, 0.1) is 17.8 Å². The average molecular weight is 521 g/mol. The van der Waals surface area contributed by atoms with Crippen LogP contribution in [-0.2, 0) is 16.2 Å². The first-order valence-corrected chi connectivity index (χ1v) is 12.6. The summed E-state index contributed by atoms with van der Waals surface area (Å²) in [5, 5.41) is 22.8. The summed E-state index contributed by atoms with van der Waals surface area (Å²) < 4.78 is 6.00. The highest BCUT2D eigenvalue weighted by Gasteiger charge is 2.47. The highest BCUT2D eigenvalue weighted by molar-refractivity contribution is 5.96. The monoisotopic (exact) mass is 520 g/mol. The van der Waals surface area contributed by atoms with Gasteiger partial charge >= 0.3 is 6.09 Å². The highest BCUT2D eigenvalue weighted by atomic mass is 16.5. The number of pyridine rings is 1. The van der Waals surface area contributed by atoms with Crippen molar-refractivity contribution in [3.05, 3.63) is 66.4 Å². The first kappa shape index (κ1) is 26.9. The van der Waals surface area contributed by atoms with E-state index in [-0.39, 0.29) is 18.9 Å². The molecule has 38 heavy (non-hydrogen) atoms. The number of hydroxylamine groups is 1. The summed E-state index contributed by atoms with van der Waals surface area (Å²) in [6.07, 6.45) is 1.10. The maximum Gasteiger partial charge on any atom is 0.407 e. The second-order valence-corrected chi connectivity index (χ2v) is 9.87. The lowest BCUT2D eigenvalue weighted by Crippen LogP contribution is -2.58. The second-order valence-electron chi connectivity index (χ2n) is 9.87. The number of para-hydroxylation sites is 1. The number of hydrogen-bond donors (Lipinski definition) is 4. The molecule has 0 aliphatic carbocycles. The number of hydrogen-bond acceptors (Lipinski definition) is 6. The summed E-state index contributed by atoms with van der Waals surface area (Å²) in [5.41, 5.74) is 3.92. The normalized spacial score (nSPS) is 19.3. The zero-order valence-electron chi connectivity index (χ0n) is 21.3. The maximum atomic E-state index is 13.3. The van der Waals surface area contributed by atoms with Crippen molar-refractivity contribution in [1.82, 2.24) is 15.4 Å². The van der Waals surface area contributed by atoms with Gasteiger partial charge in [0.05, 0.1) is 17.4 Å². The van der Waals surface area contributed by atoms with Crippen LogP contribution in [0.3, 0.4) is 0 Å². The SMILES string of the molecule is CC(C)C[C@@H]1[C@H](C(=O)NO)[C@@H](C(=O)Nc2ccc(COc3ccnc4ccccc34)cc2)CCN1C(=O)O. The number of likely N-dealkylation sites (tertiary alicyclic amines) is 1. The minimum absolute atomic E-state index is 0.0811. The van der Waals surface area contributed by atoms with Crippen molar-refractivity contribution in [3.8, 4) is 5.75 Å². The van der Waals surface area contributed by atoms with E-state index in [4.69, 9.17) is 4.74 Å². The van der Waals surface area contributed by atoms with Gasteiger partial charge in [-0.05, 0) is 54.7 Å². The predicted octanol–water partition coefficient (Wildman–Crippen LogP) is 4.29. The molecule has 3 atom stereocenters. The first-order valence-electron chi connectivity index (χ1n) is 12.6. The number of benzene rings is 2. The van der Waals surface area contributed by atoms with Crippen molar-refractivity contribution in [3.63, 3.8) is 0 Å². The molecule has 0 bridgehead atoms. The number of nitrogens with zero attached hydrogens (tertiary/aromatic N) is 2. The van der Waals surface area contributed by atoms with Crippen LogP contribution in [0.4, 0.5) is 10.5 Å². The Balaban J connectivity index is 1.44. The number of rotatable bonds is 8. The molecule has 0 saturated carbocycles.